The quantitative estimate of drug-likeness (QED) is 0.432. The average Bonchev–Trinajstić information content (AvgIpc) is 2.94. The minimum Gasteiger partial charge on any atom is -0.396 e. The summed E-state index contributed by atoms with van der Waals surface area (Å²) < 4.78 is 0. The number of hydrogen-bond donors (Lipinski definition) is 4. The van der Waals surface area contributed by atoms with Gasteiger partial charge in [0.05, 0.1) is 6.61 Å². The van der Waals surface area contributed by atoms with E-state index in [4.69, 9.17) is 5.84 Å². The van der Waals surface area contributed by atoms with Crippen molar-refractivity contribution in [2.45, 2.75) is 25.7 Å². The highest BCUT2D eigenvalue weighted by atomic mass is 16.3. The number of aliphatic hydroxyl groups is 1. The highest BCUT2D eigenvalue weighted by Gasteiger charge is 2.33. The van der Waals surface area contributed by atoms with Crippen LogP contribution in [0.5, 0.6) is 0 Å². The van der Waals surface area contributed by atoms with Crippen molar-refractivity contribution in [3.63, 3.8) is 0 Å². The Balaban J connectivity index is 2.10. The van der Waals surface area contributed by atoms with Crippen LogP contribution < -0.4 is 21.5 Å². The van der Waals surface area contributed by atoms with Crippen molar-refractivity contribution in [1.29, 1.82) is 0 Å². The second kappa shape index (κ2) is 6.19. The fraction of sp³-hybridized carbons (Fsp3) is 0.750. The fourth-order valence-electron chi connectivity index (χ4n) is 2.49. The first-order valence-corrected chi connectivity index (χ1v) is 6.83. The van der Waals surface area contributed by atoms with E-state index < -0.39 is 0 Å². The summed E-state index contributed by atoms with van der Waals surface area (Å²) in [6.45, 7) is 0.845. The molecule has 0 saturated heterocycles. The van der Waals surface area contributed by atoms with Crippen LogP contribution in [0.2, 0.25) is 0 Å². The van der Waals surface area contributed by atoms with Crippen molar-refractivity contribution >= 4 is 17.8 Å². The number of nitrogens with two attached hydrogens (primary N) is 1. The highest BCUT2D eigenvalue weighted by molar-refractivity contribution is 5.42. The highest BCUT2D eigenvalue weighted by Crippen LogP contribution is 2.37. The smallest absolute Gasteiger partial charge is 0.243 e. The molecule has 0 radical (unpaired) electrons. The average molecular weight is 281 g/mol. The number of hydrazine groups is 1. The van der Waals surface area contributed by atoms with Crippen LogP contribution in [-0.4, -0.2) is 47.3 Å². The first-order valence-electron chi connectivity index (χ1n) is 6.83. The van der Waals surface area contributed by atoms with Crippen molar-refractivity contribution in [2.24, 2.45) is 11.3 Å². The van der Waals surface area contributed by atoms with E-state index in [1.807, 2.05) is 14.1 Å². The van der Waals surface area contributed by atoms with Crippen molar-refractivity contribution in [2.75, 3.05) is 42.9 Å². The van der Waals surface area contributed by atoms with Gasteiger partial charge in [-0.3, -0.25) is 5.43 Å². The Labute approximate surface area is 118 Å². The summed E-state index contributed by atoms with van der Waals surface area (Å²) in [6.07, 6.45) is 4.39. The molecule has 112 valence electrons. The molecule has 0 bridgehead atoms. The van der Waals surface area contributed by atoms with E-state index >= 15 is 0 Å². The zero-order chi connectivity index (χ0) is 14.6. The molecular formula is C12H23N7O. The molecule has 8 heteroatoms. The van der Waals surface area contributed by atoms with Gasteiger partial charge in [-0.1, -0.05) is 12.8 Å². The fourth-order valence-corrected chi connectivity index (χ4v) is 2.49. The minimum atomic E-state index is -0.0543. The van der Waals surface area contributed by atoms with E-state index in [0.717, 1.165) is 25.7 Å². The molecule has 1 aromatic heterocycles. The van der Waals surface area contributed by atoms with Gasteiger partial charge in [0.2, 0.25) is 17.8 Å². The molecule has 1 heterocycles. The Morgan fingerprint density at radius 2 is 1.85 bits per heavy atom. The predicted octanol–water partition coefficient (Wildman–Crippen LogP) is 0.188. The largest absolute Gasteiger partial charge is 0.396 e. The maximum Gasteiger partial charge on any atom is 0.243 e. The van der Waals surface area contributed by atoms with Gasteiger partial charge < -0.3 is 15.3 Å². The molecular weight excluding hydrogens is 258 g/mol. The third-order valence-electron chi connectivity index (χ3n) is 3.77. The van der Waals surface area contributed by atoms with Crippen LogP contribution in [0.25, 0.3) is 0 Å². The number of anilines is 3. The maximum atomic E-state index is 9.60. The first kappa shape index (κ1) is 14.7. The summed E-state index contributed by atoms with van der Waals surface area (Å²) in [7, 11) is 3.71. The monoisotopic (exact) mass is 281 g/mol. The van der Waals surface area contributed by atoms with Crippen molar-refractivity contribution < 1.29 is 5.11 Å². The van der Waals surface area contributed by atoms with E-state index in [2.05, 4.69) is 25.7 Å². The Morgan fingerprint density at radius 1 is 1.20 bits per heavy atom. The van der Waals surface area contributed by atoms with Gasteiger partial charge in [-0.25, -0.2) is 5.84 Å². The maximum absolute atomic E-state index is 9.60. The van der Waals surface area contributed by atoms with Gasteiger partial charge in [-0.15, -0.1) is 0 Å². The third-order valence-corrected chi connectivity index (χ3v) is 3.77. The molecule has 5 N–H and O–H groups in total. The molecule has 2 rings (SSSR count). The van der Waals surface area contributed by atoms with Crippen LogP contribution in [0.3, 0.4) is 0 Å². The molecule has 1 fully saturated rings. The summed E-state index contributed by atoms with van der Waals surface area (Å²) >= 11 is 0. The number of aliphatic hydroxyl groups excluding tert-OH is 1. The Hall–Kier alpha value is -1.67. The summed E-state index contributed by atoms with van der Waals surface area (Å²) in [4.78, 5) is 14.4. The summed E-state index contributed by atoms with van der Waals surface area (Å²) in [5.74, 6) is 6.68. The van der Waals surface area contributed by atoms with E-state index in [1.165, 1.54) is 0 Å². The van der Waals surface area contributed by atoms with Crippen LogP contribution in [0, 0.1) is 5.41 Å². The molecule has 8 nitrogen and oxygen atoms in total. The molecule has 1 aliphatic carbocycles. The molecule has 1 aliphatic rings. The number of nitrogen functional groups attached to an aromatic ring is 1. The second-order valence-electron chi connectivity index (χ2n) is 5.54. The molecule has 0 spiro atoms. The number of aromatic nitrogens is 3. The topological polar surface area (TPSA) is 112 Å². The van der Waals surface area contributed by atoms with Crippen molar-refractivity contribution in [1.82, 2.24) is 15.0 Å². The van der Waals surface area contributed by atoms with Gasteiger partial charge in [-0.2, -0.15) is 15.0 Å². The second-order valence-corrected chi connectivity index (χ2v) is 5.54. The van der Waals surface area contributed by atoms with Crippen molar-refractivity contribution in [3.8, 4) is 0 Å². The van der Waals surface area contributed by atoms with Crippen molar-refractivity contribution in [3.05, 3.63) is 0 Å². The van der Waals surface area contributed by atoms with E-state index in [9.17, 15) is 5.11 Å². The molecule has 0 unspecified atom stereocenters. The Kier molecular flexibility index (Phi) is 4.56. The van der Waals surface area contributed by atoms with E-state index in [0.29, 0.717) is 24.4 Å². The van der Waals surface area contributed by atoms with Gasteiger partial charge in [0.25, 0.3) is 0 Å². The predicted molar refractivity (Wildman–Crippen MR) is 78.4 cm³/mol. The van der Waals surface area contributed by atoms with Gasteiger partial charge in [0.1, 0.15) is 0 Å². The molecule has 0 aromatic carbocycles. The SMILES string of the molecule is CN(C)c1nc(NN)nc(NCC2(CO)CCCC2)n1. The molecule has 0 aliphatic heterocycles. The summed E-state index contributed by atoms with van der Waals surface area (Å²) in [5.41, 5.74) is 2.38. The summed E-state index contributed by atoms with van der Waals surface area (Å²) in [5, 5.41) is 12.8. The van der Waals surface area contributed by atoms with Gasteiger partial charge >= 0.3 is 0 Å². The Bertz CT molecular complexity index is 445. The first-order chi connectivity index (χ1) is 9.58. The molecule has 0 atom stereocenters. The number of rotatable bonds is 6. The Morgan fingerprint density at radius 3 is 2.40 bits per heavy atom. The van der Waals surface area contributed by atoms with Gasteiger partial charge in [-0.05, 0) is 12.8 Å². The molecule has 1 aromatic rings. The number of nitrogens with zero attached hydrogens (tertiary/aromatic N) is 4. The number of nitrogens with one attached hydrogen (secondary N) is 2. The lowest BCUT2D eigenvalue weighted by atomic mass is 9.87. The van der Waals surface area contributed by atoms with E-state index in [1.54, 1.807) is 4.90 Å². The van der Waals surface area contributed by atoms with Crippen LogP contribution >= 0.6 is 0 Å². The number of hydrogen-bond acceptors (Lipinski definition) is 8. The van der Waals surface area contributed by atoms with Crippen LogP contribution in [0.15, 0.2) is 0 Å². The van der Waals surface area contributed by atoms with Gasteiger partial charge in [0.15, 0.2) is 0 Å². The lowest BCUT2D eigenvalue weighted by Crippen LogP contribution is -2.31. The van der Waals surface area contributed by atoms with Crippen LogP contribution in [0.1, 0.15) is 25.7 Å². The zero-order valence-corrected chi connectivity index (χ0v) is 12.1. The third kappa shape index (κ3) is 3.26. The van der Waals surface area contributed by atoms with E-state index in [-0.39, 0.29) is 12.0 Å². The van der Waals surface area contributed by atoms with Crippen LogP contribution in [-0.2, 0) is 0 Å². The standard InChI is InChI=1S/C12H23N7O/c1-19(2)11-16-9(15-10(17-11)18-13)14-7-12(8-20)5-3-4-6-12/h20H,3-8,13H2,1-2H3,(H2,14,15,16,17,18). The molecule has 0 amide bonds. The molecule has 1 saturated carbocycles. The zero-order valence-electron chi connectivity index (χ0n) is 12.1. The molecule has 20 heavy (non-hydrogen) atoms. The van der Waals surface area contributed by atoms with Crippen LogP contribution in [0.4, 0.5) is 17.8 Å². The summed E-state index contributed by atoms with van der Waals surface area (Å²) in [6, 6.07) is 0. The normalized spacial score (nSPS) is 17.0. The van der Waals surface area contributed by atoms with Gasteiger partial charge in [0, 0.05) is 26.1 Å². The minimum absolute atomic E-state index is 0.0543. The lowest BCUT2D eigenvalue weighted by molar-refractivity contribution is 0.142. The lowest BCUT2D eigenvalue weighted by Gasteiger charge is -2.26.